The van der Waals surface area contributed by atoms with Gasteiger partial charge in [0.15, 0.2) is 0 Å². The van der Waals surface area contributed by atoms with Gasteiger partial charge in [-0.3, -0.25) is 14.2 Å². The molecule has 6 nitrogen and oxygen atoms in total. The zero-order valence-electron chi connectivity index (χ0n) is 15.5. The first-order valence-corrected chi connectivity index (χ1v) is 9.50. The van der Waals surface area contributed by atoms with Crippen LogP contribution >= 0.6 is 11.6 Å². The van der Waals surface area contributed by atoms with E-state index in [1.807, 2.05) is 29.2 Å². The van der Waals surface area contributed by atoms with Gasteiger partial charge in [0.25, 0.3) is 5.56 Å². The number of carbonyl (C=O) groups excluding carboxylic acids is 1. The van der Waals surface area contributed by atoms with Gasteiger partial charge in [-0.1, -0.05) is 23.7 Å². The van der Waals surface area contributed by atoms with Crippen molar-refractivity contribution >= 4 is 28.4 Å². The molecule has 1 heterocycles. The van der Waals surface area contributed by atoms with Gasteiger partial charge in [-0.05, 0) is 48.7 Å². The van der Waals surface area contributed by atoms with Crippen LogP contribution in [0, 0.1) is 0 Å². The fourth-order valence-corrected chi connectivity index (χ4v) is 3.38. The van der Waals surface area contributed by atoms with E-state index in [0.29, 0.717) is 22.5 Å². The van der Waals surface area contributed by atoms with Gasteiger partial charge in [0.05, 0.1) is 24.3 Å². The van der Waals surface area contributed by atoms with E-state index < -0.39 is 0 Å². The summed E-state index contributed by atoms with van der Waals surface area (Å²) in [4.78, 5) is 31.8. The van der Waals surface area contributed by atoms with Gasteiger partial charge in [-0.15, -0.1) is 0 Å². The van der Waals surface area contributed by atoms with E-state index >= 15 is 0 Å². The second kappa shape index (κ2) is 7.64. The molecule has 3 aromatic rings. The lowest BCUT2D eigenvalue weighted by Gasteiger charge is -2.23. The third kappa shape index (κ3) is 3.87. The maximum Gasteiger partial charge on any atom is 0.261 e. The Hall–Kier alpha value is -2.86. The fourth-order valence-electron chi connectivity index (χ4n) is 3.22. The topological polar surface area (TPSA) is 64.4 Å². The van der Waals surface area contributed by atoms with E-state index in [2.05, 4.69) is 4.98 Å². The average Bonchev–Trinajstić information content (AvgIpc) is 3.53. The molecule has 28 heavy (non-hydrogen) atoms. The van der Waals surface area contributed by atoms with Crippen LogP contribution in [0.25, 0.3) is 10.9 Å². The highest BCUT2D eigenvalue weighted by molar-refractivity contribution is 6.31. The number of benzene rings is 2. The third-order valence-corrected chi connectivity index (χ3v) is 5.15. The lowest BCUT2D eigenvalue weighted by molar-refractivity contribution is -0.133. The summed E-state index contributed by atoms with van der Waals surface area (Å²) in [6, 6.07) is 12.8. The van der Waals surface area contributed by atoms with Crippen molar-refractivity contribution in [3.8, 4) is 5.75 Å². The quantitative estimate of drug-likeness (QED) is 0.640. The highest BCUT2D eigenvalue weighted by Crippen LogP contribution is 2.29. The SMILES string of the molecule is COc1ccc(CN(C(=O)Cn2cnc3cc(Cl)ccc3c2=O)C2CC2)cc1. The molecule has 0 radical (unpaired) electrons. The zero-order valence-corrected chi connectivity index (χ0v) is 16.2. The molecule has 0 spiro atoms. The first-order chi connectivity index (χ1) is 13.5. The number of carbonyl (C=O) groups is 1. The third-order valence-electron chi connectivity index (χ3n) is 4.91. The van der Waals surface area contributed by atoms with E-state index in [-0.39, 0.29) is 24.1 Å². The molecule has 1 aliphatic carbocycles. The Balaban J connectivity index is 1.55. The van der Waals surface area contributed by atoms with Gasteiger partial charge in [-0.25, -0.2) is 4.98 Å². The average molecular weight is 398 g/mol. The number of amides is 1. The van der Waals surface area contributed by atoms with Gasteiger partial charge in [0.1, 0.15) is 12.3 Å². The van der Waals surface area contributed by atoms with Gasteiger partial charge < -0.3 is 9.64 Å². The first-order valence-electron chi connectivity index (χ1n) is 9.12. The minimum absolute atomic E-state index is 0.0307. The van der Waals surface area contributed by atoms with Crippen LogP contribution in [0.5, 0.6) is 5.75 Å². The van der Waals surface area contributed by atoms with Crippen LogP contribution in [0.15, 0.2) is 53.6 Å². The van der Waals surface area contributed by atoms with Crippen molar-refractivity contribution in [2.24, 2.45) is 0 Å². The van der Waals surface area contributed by atoms with Crippen LogP contribution in [-0.2, 0) is 17.9 Å². The van der Waals surface area contributed by atoms with Crippen LogP contribution in [0.3, 0.4) is 0 Å². The molecule has 0 bridgehead atoms. The summed E-state index contributed by atoms with van der Waals surface area (Å²) in [7, 11) is 1.62. The normalized spacial score (nSPS) is 13.5. The lowest BCUT2D eigenvalue weighted by atomic mass is 10.2. The highest BCUT2D eigenvalue weighted by atomic mass is 35.5. The van der Waals surface area contributed by atoms with E-state index in [1.54, 1.807) is 25.3 Å². The molecule has 144 valence electrons. The Bertz CT molecular complexity index is 1070. The highest BCUT2D eigenvalue weighted by Gasteiger charge is 2.32. The smallest absolute Gasteiger partial charge is 0.261 e. The van der Waals surface area contributed by atoms with Crippen molar-refractivity contribution < 1.29 is 9.53 Å². The van der Waals surface area contributed by atoms with Crippen LogP contribution < -0.4 is 10.3 Å². The molecular formula is C21H20ClN3O3. The molecule has 0 saturated heterocycles. The summed E-state index contributed by atoms with van der Waals surface area (Å²) in [6.07, 6.45) is 3.40. The predicted octanol–water partition coefficient (Wildman–Crippen LogP) is 3.25. The minimum Gasteiger partial charge on any atom is -0.497 e. The zero-order chi connectivity index (χ0) is 19.7. The first kappa shape index (κ1) is 18.5. The van der Waals surface area contributed by atoms with Crippen molar-refractivity contribution in [3.05, 3.63) is 69.7 Å². The van der Waals surface area contributed by atoms with Crippen molar-refractivity contribution in [3.63, 3.8) is 0 Å². The summed E-state index contributed by atoms with van der Waals surface area (Å²) in [6.45, 7) is 0.482. The number of aromatic nitrogens is 2. The Morgan fingerprint density at radius 2 is 2.00 bits per heavy atom. The van der Waals surface area contributed by atoms with Crippen molar-refractivity contribution in [2.45, 2.75) is 32.0 Å². The standard InChI is InChI=1S/C21H20ClN3O3/c1-28-17-7-2-14(3-8-17)11-25(16-5-6-16)20(26)12-24-13-23-19-10-15(22)4-9-18(19)21(24)27/h2-4,7-10,13,16H,5-6,11-12H2,1H3. The Labute approximate surface area is 167 Å². The maximum atomic E-state index is 13.0. The molecule has 7 heteroatoms. The van der Waals surface area contributed by atoms with Crippen molar-refractivity contribution in [1.29, 1.82) is 0 Å². The number of rotatable bonds is 6. The summed E-state index contributed by atoms with van der Waals surface area (Å²) in [5, 5.41) is 0.973. The van der Waals surface area contributed by atoms with Crippen molar-refractivity contribution in [2.75, 3.05) is 7.11 Å². The molecule has 4 rings (SSSR count). The number of fused-ring (bicyclic) bond motifs is 1. The minimum atomic E-state index is -0.241. The van der Waals surface area contributed by atoms with Gasteiger partial charge in [0, 0.05) is 17.6 Å². The maximum absolute atomic E-state index is 13.0. The molecule has 2 aromatic carbocycles. The van der Waals surface area contributed by atoms with E-state index in [1.165, 1.54) is 10.9 Å². The summed E-state index contributed by atoms with van der Waals surface area (Å²) < 4.78 is 6.55. The molecular weight excluding hydrogens is 378 g/mol. The molecule has 1 fully saturated rings. The molecule has 1 aromatic heterocycles. The number of nitrogens with zero attached hydrogens (tertiary/aromatic N) is 3. The molecule has 0 N–H and O–H groups in total. The summed E-state index contributed by atoms with van der Waals surface area (Å²) >= 11 is 5.96. The van der Waals surface area contributed by atoms with Gasteiger partial charge in [-0.2, -0.15) is 0 Å². The van der Waals surface area contributed by atoms with E-state index in [9.17, 15) is 9.59 Å². The number of ether oxygens (including phenoxy) is 1. The number of hydrogen-bond donors (Lipinski definition) is 0. The van der Waals surface area contributed by atoms with Crippen LogP contribution in [0.2, 0.25) is 5.02 Å². The summed E-state index contributed by atoms with van der Waals surface area (Å²) in [5.41, 5.74) is 1.31. The second-order valence-electron chi connectivity index (χ2n) is 6.94. The molecule has 1 saturated carbocycles. The van der Waals surface area contributed by atoms with Gasteiger partial charge >= 0.3 is 0 Å². The Morgan fingerprint density at radius 3 is 2.68 bits per heavy atom. The van der Waals surface area contributed by atoms with Gasteiger partial charge in [0.2, 0.25) is 5.91 Å². The predicted molar refractivity (Wildman–Crippen MR) is 108 cm³/mol. The monoisotopic (exact) mass is 397 g/mol. The van der Waals surface area contributed by atoms with Crippen LogP contribution in [-0.4, -0.2) is 33.5 Å². The van der Waals surface area contributed by atoms with Crippen molar-refractivity contribution in [1.82, 2.24) is 14.5 Å². The molecule has 1 amide bonds. The molecule has 1 aliphatic rings. The Morgan fingerprint density at radius 1 is 1.25 bits per heavy atom. The van der Waals surface area contributed by atoms with E-state index in [4.69, 9.17) is 16.3 Å². The molecule has 0 unspecified atom stereocenters. The van der Waals surface area contributed by atoms with Crippen LogP contribution in [0.4, 0.5) is 0 Å². The Kier molecular flexibility index (Phi) is 5.05. The fraction of sp³-hybridized carbons (Fsp3) is 0.286. The number of methoxy groups -OCH3 is 1. The number of hydrogen-bond acceptors (Lipinski definition) is 4. The summed E-state index contributed by atoms with van der Waals surface area (Å²) in [5.74, 6) is 0.692. The lowest BCUT2D eigenvalue weighted by Crippen LogP contribution is -2.37. The van der Waals surface area contributed by atoms with E-state index in [0.717, 1.165) is 24.2 Å². The molecule has 0 aliphatic heterocycles. The largest absolute Gasteiger partial charge is 0.497 e. The number of halogens is 1. The molecule has 0 atom stereocenters. The van der Waals surface area contributed by atoms with Crippen LogP contribution in [0.1, 0.15) is 18.4 Å². The second-order valence-corrected chi connectivity index (χ2v) is 7.38.